The molecule has 0 radical (unpaired) electrons. The van der Waals surface area contributed by atoms with Crippen molar-refractivity contribution in [2.45, 2.75) is 177 Å². The van der Waals surface area contributed by atoms with E-state index in [-0.39, 0.29) is 54.4 Å². The van der Waals surface area contributed by atoms with Gasteiger partial charge < -0.3 is 35.2 Å². The predicted octanol–water partition coefficient (Wildman–Crippen LogP) is 16.3. The topological polar surface area (TPSA) is 296 Å². The molecule has 10 atom stereocenters. The summed E-state index contributed by atoms with van der Waals surface area (Å²) < 4.78 is 98.1. The van der Waals surface area contributed by atoms with Crippen LogP contribution in [0.3, 0.4) is 0 Å². The number of rotatable bonds is 7. The number of carbonyl (C=O) groups excluding carboxylic acids is 3. The zero-order valence-corrected chi connectivity index (χ0v) is 61.6. The summed E-state index contributed by atoms with van der Waals surface area (Å²) in [5.41, 5.74) is 15.6. The number of hydrogen-bond donors (Lipinski definition) is 5. The van der Waals surface area contributed by atoms with Gasteiger partial charge in [0.2, 0.25) is 0 Å². The van der Waals surface area contributed by atoms with E-state index in [1.54, 1.807) is 92.5 Å². The number of hydrogen-bond acceptors (Lipinski definition) is 16. The largest absolute Gasteiger partial charge is 0.440 e. The van der Waals surface area contributed by atoms with Crippen molar-refractivity contribution >= 4 is 40.3 Å². The van der Waals surface area contributed by atoms with Gasteiger partial charge in [-0.2, -0.15) is 0 Å². The number of aliphatic hydroxyl groups excluding tert-OH is 2. The van der Waals surface area contributed by atoms with Crippen molar-refractivity contribution in [2.24, 2.45) is 5.73 Å². The van der Waals surface area contributed by atoms with E-state index in [4.69, 9.17) is 15.2 Å². The van der Waals surface area contributed by atoms with Gasteiger partial charge in [0.05, 0.1) is 40.3 Å². The van der Waals surface area contributed by atoms with Crippen molar-refractivity contribution in [2.75, 3.05) is 26.2 Å². The van der Waals surface area contributed by atoms with Crippen LogP contribution < -0.4 is 17.1 Å². The second kappa shape index (κ2) is 35.2. The molecule has 2 amide bonds. The molecule has 2 fully saturated rings. The van der Waals surface area contributed by atoms with Gasteiger partial charge in [-0.1, -0.05) is 39.5 Å². The summed E-state index contributed by atoms with van der Waals surface area (Å²) >= 11 is 0. The van der Waals surface area contributed by atoms with E-state index in [2.05, 4.69) is 53.7 Å². The minimum atomic E-state index is -1.07. The van der Waals surface area contributed by atoms with E-state index in [0.717, 1.165) is 71.0 Å². The molecule has 2 saturated heterocycles. The number of nitrogens with two attached hydrogens (primary N) is 1. The van der Waals surface area contributed by atoms with Crippen LogP contribution >= 0.6 is 0 Å². The number of ketones is 1. The summed E-state index contributed by atoms with van der Waals surface area (Å²) in [4.78, 5) is 98.0. The van der Waals surface area contributed by atoms with Crippen molar-refractivity contribution in [1.29, 1.82) is 0 Å². The number of ether oxygens (including phenoxy) is 2. The van der Waals surface area contributed by atoms with Gasteiger partial charge in [-0.05, 0) is 202 Å². The van der Waals surface area contributed by atoms with E-state index < -0.39 is 83.5 Å². The molecule has 10 heterocycles. The van der Waals surface area contributed by atoms with Gasteiger partial charge in [-0.25, -0.2) is 55.5 Å². The van der Waals surface area contributed by atoms with Gasteiger partial charge >= 0.3 is 23.6 Å². The molecule has 0 bridgehead atoms. The number of nitrogens with zero attached hydrogens (tertiary/aromatic N) is 10. The molecule has 0 unspecified atom stereocenters. The highest BCUT2D eigenvalue weighted by Crippen LogP contribution is 2.47. The Labute approximate surface area is 647 Å². The second-order valence-corrected chi connectivity index (χ2v) is 29.6. The van der Waals surface area contributed by atoms with Crippen LogP contribution in [0, 0.1) is 34.9 Å². The summed E-state index contributed by atoms with van der Waals surface area (Å²) in [5, 5.41) is 21.9. The number of aromatic nitrogens is 10. The fraction of sp³-hybridized carbons (Fsp3) is 0.376. The maximum absolute atomic E-state index is 14.0. The van der Waals surface area contributed by atoms with E-state index in [9.17, 15) is 60.5 Å². The predicted molar refractivity (Wildman–Crippen MR) is 409 cm³/mol. The average Bonchev–Trinajstić information content (AvgIpc) is 1.68. The van der Waals surface area contributed by atoms with Crippen LogP contribution in [0.4, 0.5) is 35.9 Å². The van der Waals surface area contributed by atoms with Gasteiger partial charge in [-0.3, -0.25) is 43.8 Å². The number of nitrogens with one attached hydrogen (secondary N) is 2. The minimum absolute atomic E-state index is 0. The molecule has 4 aliphatic carbocycles. The van der Waals surface area contributed by atoms with Gasteiger partial charge in [-0.15, -0.1) is 0 Å². The molecule has 17 rings (SSSR count). The number of likely N-dealkylation sites (tertiary alicyclic amines) is 2. The van der Waals surface area contributed by atoms with Gasteiger partial charge in [0.25, 0.3) is 0 Å². The second-order valence-electron chi connectivity index (χ2n) is 29.6. The number of Topliss-reactive ketones (excluding diaryl/α,β-unsaturated/α-hetero) is 1. The Kier molecular flexibility index (Phi) is 24.9. The highest BCUT2D eigenvalue weighted by molar-refractivity contribution is 5.97. The number of H-pyrrole nitrogens is 2. The normalized spacial score (nSPS) is 22.4. The summed E-state index contributed by atoms with van der Waals surface area (Å²) in [6, 6.07) is 31.0. The molecule has 8 aromatic heterocycles. The van der Waals surface area contributed by atoms with Crippen LogP contribution in [0.2, 0.25) is 0 Å². The van der Waals surface area contributed by atoms with E-state index in [1.165, 1.54) is 36.4 Å². The van der Waals surface area contributed by atoms with Crippen LogP contribution in [-0.4, -0.2) is 113 Å². The number of aliphatic hydroxyl groups is 2. The van der Waals surface area contributed by atoms with Crippen LogP contribution in [-0.2, 0) is 9.47 Å². The molecule has 113 heavy (non-hydrogen) atoms. The molecule has 11 aromatic rings. The summed E-state index contributed by atoms with van der Waals surface area (Å²) in [7, 11) is 0. The Morgan fingerprint density at radius 1 is 0.442 bits per heavy atom. The maximum Gasteiger partial charge on any atom is 0.410 e. The number of pyridine rings is 6. The number of piperidine rings is 2. The molecule has 28 heteroatoms. The first-order chi connectivity index (χ1) is 54.1. The third-order valence-corrected chi connectivity index (χ3v) is 22.5. The zero-order valence-electron chi connectivity index (χ0n) is 61.6. The van der Waals surface area contributed by atoms with Gasteiger partial charge in [0.15, 0.2) is 17.1 Å². The van der Waals surface area contributed by atoms with E-state index >= 15 is 0 Å². The lowest BCUT2D eigenvalue weighted by Gasteiger charge is -2.33. The minimum Gasteiger partial charge on any atom is -0.440 e. The number of halogens is 6. The van der Waals surface area contributed by atoms with E-state index in [1.807, 2.05) is 36.4 Å². The standard InChI is InChI=1S/C28H28F2N6O3.C28H27F2N5O4.C17H17F2NO.C11H13NO.CH4/c29-17-13-16(14-18(30)15-17)20-5-6-23(25-21(24(20)31)3-1-9-32-25)39-28(38)35-11-7-19(8-12-35)36-22-4-2-10-33-26(22)34-27(36)37;29-17-13-16(14-18(30)15-17)20-5-6-23(24-21(25(20)36)3-1-9-31-24)39-28(38)34-11-7-19(8-12-34)35-22-4-2-10-32-26(22)33-27(35)37;1-10-4-5-14(11-7-12(18)9-13(19)8-11)17(21)15-3-2-6-20-16(10)15;1-8-4-2-6-10(13)9-5-3-7-12-11(8)9;/h1-4,9-10,13-15,19-20,23-24H,5-8,11-12,31H2,(H,33,34,37);1-4,9-10,13-15,19-20,23,25,36H,5-8,11-12H2,(H,32,33,37);2-3,6-10,14,17,21H,4-5H2,1H3;3,5,7-8H,2,4,6H2,1H3;1H4/t20-,23+,24-;20-,23+,25-;10-,14+,17+;8-;/m0011./s1. The maximum atomic E-state index is 14.0. The molecular formula is C85H89F6N13O9. The number of fused-ring (bicyclic) bond motifs is 6. The highest BCUT2D eigenvalue weighted by Gasteiger charge is 2.39. The highest BCUT2D eigenvalue weighted by atomic mass is 19.2. The van der Waals surface area contributed by atoms with Crippen molar-refractivity contribution in [3.05, 3.63) is 282 Å². The first-order valence-electron chi connectivity index (χ1n) is 38.0. The first-order valence-corrected chi connectivity index (χ1v) is 38.0. The molecule has 2 aliphatic heterocycles. The van der Waals surface area contributed by atoms with Crippen molar-refractivity contribution in [3.63, 3.8) is 0 Å². The fourth-order valence-corrected chi connectivity index (χ4v) is 16.9. The molecule has 590 valence electrons. The lowest BCUT2D eigenvalue weighted by atomic mass is 9.86. The molecule has 6 N–H and O–H groups in total. The molecule has 22 nitrogen and oxygen atoms in total. The number of aromatic amines is 2. The quantitative estimate of drug-likeness (QED) is 0.0732. The summed E-state index contributed by atoms with van der Waals surface area (Å²) in [6.45, 7) is 5.86. The van der Waals surface area contributed by atoms with Crippen LogP contribution in [0.15, 0.2) is 174 Å². The Bertz CT molecular complexity index is 5060. The first kappa shape index (κ1) is 79.8. The molecule has 0 spiro atoms. The number of amides is 2. The molecule has 6 aliphatic rings. The Morgan fingerprint density at radius 3 is 1.27 bits per heavy atom. The third-order valence-electron chi connectivity index (χ3n) is 22.5. The molecular weight excluding hydrogens is 1460 g/mol. The summed E-state index contributed by atoms with van der Waals surface area (Å²) in [5.74, 6) is -4.35. The summed E-state index contributed by atoms with van der Waals surface area (Å²) in [6.07, 6.45) is 13.8. The van der Waals surface area contributed by atoms with Gasteiger partial charge in [0, 0.05) is 146 Å². The van der Waals surface area contributed by atoms with Crippen LogP contribution in [0.1, 0.15) is 243 Å². The number of imidazole rings is 2. The van der Waals surface area contributed by atoms with Crippen molar-refractivity contribution in [1.82, 2.24) is 58.8 Å². The monoisotopic (exact) mass is 1550 g/mol. The van der Waals surface area contributed by atoms with Gasteiger partial charge in [0.1, 0.15) is 47.1 Å². The SMILES string of the molecule is C.C[C@@H]1CCCC(=O)c2cccnc21.C[C@@H]1CC[C@@H](c2cc(F)cc(F)c2)[C@H](O)c2cccnc21.N[C@@H]1c2cccnc2[C@H](OC(=O)N2CCC(n3c(=O)[nH]c4ncccc43)CC2)CC[C@H]1c1cc(F)cc(F)c1.O=C(O[C@@H]1CC[C@@H](c2cc(F)cc(F)c2)[C@H](O)c2cccnc21)N1CCC(n2c(=O)[nH]c3ncccc32)CC1. The third kappa shape index (κ3) is 17.7. The van der Waals surface area contributed by atoms with Crippen LogP contribution in [0.5, 0.6) is 0 Å². The lowest BCUT2D eigenvalue weighted by Crippen LogP contribution is -2.41. The zero-order chi connectivity index (χ0) is 78.4. The Balaban J connectivity index is 0.000000141. The fourth-order valence-electron chi connectivity index (χ4n) is 16.9. The number of carbonyl (C=O) groups is 3. The Hall–Kier alpha value is -11.2. The van der Waals surface area contributed by atoms with Crippen LogP contribution in [0.25, 0.3) is 22.3 Å². The molecule has 3 aromatic carbocycles. The lowest BCUT2D eigenvalue weighted by molar-refractivity contribution is 0.0465. The average molecular weight is 1550 g/mol. The smallest absolute Gasteiger partial charge is 0.410 e. The Morgan fingerprint density at radius 2 is 0.805 bits per heavy atom. The van der Waals surface area contributed by atoms with Crippen molar-refractivity contribution in [3.8, 4) is 0 Å². The van der Waals surface area contributed by atoms with E-state index in [0.29, 0.717) is 147 Å². The molecule has 0 saturated carbocycles. The number of benzene rings is 3. The van der Waals surface area contributed by atoms with Crippen molar-refractivity contribution < 1.29 is 60.4 Å².